The number of hydrogen-bond donors (Lipinski definition) is 1. The molecule has 0 radical (unpaired) electrons. The summed E-state index contributed by atoms with van der Waals surface area (Å²) in [4.78, 5) is 20.2. The molecule has 0 amide bonds. The van der Waals surface area contributed by atoms with Gasteiger partial charge < -0.3 is 10.1 Å². The Hall–Kier alpha value is -2.91. The molecule has 0 aliphatic carbocycles. The highest BCUT2D eigenvalue weighted by Gasteiger charge is 2.19. The van der Waals surface area contributed by atoms with Gasteiger partial charge >= 0.3 is 0 Å². The van der Waals surface area contributed by atoms with Crippen LogP contribution in [-0.4, -0.2) is 67.0 Å². The van der Waals surface area contributed by atoms with Crippen LogP contribution in [0.15, 0.2) is 36.9 Å². The van der Waals surface area contributed by atoms with E-state index in [9.17, 15) is 0 Å². The molecule has 2 aliphatic rings. The second-order valence-electron chi connectivity index (χ2n) is 7.77. The van der Waals surface area contributed by atoms with Crippen molar-refractivity contribution in [2.24, 2.45) is 0 Å². The zero-order chi connectivity index (χ0) is 20.2. The normalized spacial score (nSPS) is 19.4. The minimum atomic E-state index is 0.282. The van der Waals surface area contributed by atoms with Crippen molar-refractivity contribution in [1.29, 1.82) is 0 Å². The fourth-order valence-corrected chi connectivity index (χ4v) is 3.92. The van der Waals surface area contributed by atoms with E-state index in [1.54, 1.807) is 12.4 Å². The van der Waals surface area contributed by atoms with Crippen LogP contribution >= 0.6 is 0 Å². The molecule has 1 fully saturated rings. The first kappa shape index (κ1) is 19.1. The molecular weight excluding hydrogens is 380 g/mol. The van der Waals surface area contributed by atoms with Crippen LogP contribution < -0.4 is 5.32 Å². The zero-order valence-corrected chi connectivity index (χ0v) is 16.9. The monoisotopic (exact) mass is 406 g/mol. The van der Waals surface area contributed by atoms with Crippen molar-refractivity contribution in [2.75, 3.05) is 31.6 Å². The van der Waals surface area contributed by atoms with E-state index in [1.807, 2.05) is 29.2 Å². The van der Waals surface area contributed by atoms with Gasteiger partial charge in [-0.25, -0.2) is 19.6 Å². The molecule has 3 aromatic rings. The van der Waals surface area contributed by atoms with Crippen LogP contribution in [0, 0.1) is 0 Å². The lowest BCUT2D eigenvalue weighted by Crippen LogP contribution is -2.27. The highest BCUT2D eigenvalue weighted by Crippen LogP contribution is 2.17. The average molecular weight is 406 g/mol. The molecule has 0 bridgehead atoms. The summed E-state index contributed by atoms with van der Waals surface area (Å²) in [6.45, 7) is 5.13. The number of pyridine rings is 1. The van der Waals surface area contributed by atoms with Crippen molar-refractivity contribution in [3.05, 3.63) is 48.3 Å². The fraction of sp³-hybridized carbons (Fsp3) is 0.476. The van der Waals surface area contributed by atoms with E-state index in [0.29, 0.717) is 5.95 Å². The van der Waals surface area contributed by atoms with Crippen molar-refractivity contribution < 1.29 is 4.74 Å². The van der Waals surface area contributed by atoms with Crippen LogP contribution in [0.4, 0.5) is 5.95 Å². The summed E-state index contributed by atoms with van der Waals surface area (Å²) in [5.41, 5.74) is 2.07. The van der Waals surface area contributed by atoms with Crippen LogP contribution in [0.25, 0.3) is 11.4 Å². The summed E-state index contributed by atoms with van der Waals surface area (Å²) in [6.07, 6.45) is 10.8. The van der Waals surface area contributed by atoms with Crippen molar-refractivity contribution in [3.63, 3.8) is 0 Å². The summed E-state index contributed by atoms with van der Waals surface area (Å²) in [7, 11) is 0. The Bertz CT molecular complexity index is 927. The standard InChI is InChI=1S/C21H26N8O/c1-3-17(13-22-6-1)20-26-19-5-7-28(8-9-29(19)27-20)15-16-11-23-21(24-12-16)25-14-18-4-2-10-30-18/h1,3,6,11-13,18H,2,4-5,7-10,14-15H2,(H,23,24,25). The molecule has 1 saturated heterocycles. The summed E-state index contributed by atoms with van der Waals surface area (Å²) >= 11 is 0. The molecule has 9 nitrogen and oxygen atoms in total. The van der Waals surface area contributed by atoms with Crippen LogP contribution in [0.5, 0.6) is 0 Å². The van der Waals surface area contributed by atoms with Gasteiger partial charge in [-0.05, 0) is 25.0 Å². The smallest absolute Gasteiger partial charge is 0.222 e. The SMILES string of the molecule is c1cncc(-c2nc3n(n2)CCN(Cc2cnc(NCC4CCCO4)nc2)CC3)c1. The lowest BCUT2D eigenvalue weighted by Gasteiger charge is -2.19. The van der Waals surface area contributed by atoms with Gasteiger partial charge in [-0.1, -0.05) is 0 Å². The van der Waals surface area contributed by atoms with Crippen molar-refractivity contribution in [1.82, 2.24) is 34.6 Å². The molecule has 5 heterocycles. The third kappa shape index (κ3) is 4.47. The van der Waals surface area contributed by atoms with E-state index in [2.05, 4.69) is 30.3 Å². The van der Waals surface area contributed by atoms with Gasteiger partial charge in [0.2, 0.25) is 5.95 Å². The highest BCUT2D eigenvalue weighted by atomic mass is 16.5. The Morgan fingerprint density at radius 3 is 2.87 bits per heavy atom. The van der Waals surface area contributed by atoms with E-state index in [1.165, 1.54) is 0 Å². The number of anilines is 1. The van der Waals surface area contributed by atoms with Gasteiger partial charge in [-0.3, -0.25) is 9.88 Å². The molecule has 9 heteroatoms. The molecule has 0 saturated carbocycles. The first-order valence-electron chi connectivity index (χ1n) is 10.6. The molecule has 2 aliphatic heterocycles. The predicted molar refractivity (Wildman–Crippen MR) is 112 cm³/mol. The Labute approximate surface area is 175 Å². The van der Waals surface area contributed by atoms with Gasteiger partial charge in [0.05, 0.1) is 12.6 Å². The van der Waals surface area contributed by atoms with E-state index in [4.69, 9.17) is 9.72 Å². The highest BCUT2D eigenvalue weighted by molar-refractivity contribution is 5.52. The van der Waals surface area contributed by atoms with Crippen LogP contribution in [0.2, 0.25) is 0 Å². The molecule has 1 unspecified atom stereocenters. The largest absolute Gasteiger partial charge is 0.376 e. The quantitative estimate of drug-likeness (QED) is 0.662. The van der Waals surface area contributed by atoms with Crippen molar-refractivity contribution in [3.8, 4) is 11.4 Å². The zero-order valence-electron chi connectivity index (χ0n) is 16.9. The molecule has 1 atom stereocenters. The van der Waals surface area contributed by atoms with E-state index >= 15 is 0 Å². The molecule has 3 aromatic heterocycles. The van der Waals surface area contributed by atoms with Crippen LogP contribution in [-0.2, 0) is 24.2 Å². The van der Waals surface area contributed by atoms with Gasteiger partial charge in [0.1, 0.15) is 5.82 Å². The van der Waals surface area contributed by atoms with E-state index < -0.39 is 0 Å². The van der Waals surface area contributed by atoms with Gasteiger partial charge in [-0.2, -0.15) is 5.10 Å². The number of rotatable bonds is 6. The van der Waals surface area contributed by atoms with Crippen LogP contribution in [0.3, 0.4) is 0 Å². The molecule has 30 heavy (non-hydrogen) atoms. The second-order valence-corrected chi connectivity index (χ2v) is 7.77. The number of aromatic nitrogens is 6. The molecule has 0 aromatic carbocycles. The van der Waals surface area contributed by atoms with Gasteiger partial charge in [-0.15, -0.1) is 0 Å². The number of nitrogens with zero attached hydrogens (tertiary/aromatic N) is 7. The first-order valence-corrected chi connectivity index (χ1v) is 10.6. The minimum absolute atomic E-state index is 0.282. The Morgan fingerprint density at radius 2 is 2.07 bits per heavy atom. The Balaban J connectivity index is 1.15. The predicted octanol–water partition coefficient (Wildman–Crippen LogP) is 1.78. The van der Waals surface area contributed by atoms with E-state index in [-0.39, 0.29) is 6.10 Å². The third-order valence-electron chi connectivity index (χ3n) is 5.57. The van der Waals surface area contributed by atoms with Crippen LogP contribution in [0.1, 0.15) is 24.2 Å². The molecule has 0 spiro atoms. The van der Waals surface area contributed by atoms with Gasteiger partial charge in [0.25, 0.3) is 0 Å². The number of fused-ring (bicyclic) bond motifs is 1. The van der Waals surface area contributed by atoms with Crippen molar-refractivity contribution >= 4 is 5.95 Å². The van der Waals surface area contributed by atoms with Crippen molar-refractivity contribution in [2.45, 2.75) is 38.5 Å². The molecule has 156 valence electrons. The number of nitrogens with one attached hydrogen (secondary N) is 1. The summed E-state index contributed by atoms with van der Waals surface area (Å²) in [5, 5.41) is 7.95. The molecule has 5 rings (SSSR count). The third-order valence-corrected chi connectivity index (χ3v) is 5.57. The van der Waals surface area contributed by atoms with E-state index in [0.717, 1.165) is 81.4 Å². The topological polar surface area (TPSA) is 93.9 Å². The maximum absolute atomic E-state index is 5.62. The Kier molecular flexibility index (Phi) is 5.62. The molecule has 1 N–H and O–H groups in total. The number of ether oxygens (including phenoxy) is 1. The Morgan fingerprint density at radius 1 is 1.13 bits per heavy atom. The fourth-order valence-electron chi connectivity index (χ4n) is 3.92. The lowest BCUT2D eigenvalue weighted by atomic mass is 10.2. The van der Waals surface area contributed by atoms with Gasteiger partial charge in [0.15, 0.2) is 5.82 Å². The maximum Gasteiger partial charge on any atom is 0.222 e. The first-order chi connectivity index (χ1) is 14.8. The summed E-state index contributed by atoms with van der Waals surface area (Å²) < 4.78 is 7.65. The lowest BCUT2D eigenvalue weighted by molar-refractivity contribution is 0.120. The average Bonchev–Trinajstić information content (AvgIpc) is 3.42. The summed E-state index contributed by atoms with van der Waals surface area (Å²) in [5.74, 6) is 2.45. The molecular formula is C21H26N8O. The number of hydrogen-bond acceptors (Lipinski definition) is 8. The summed E-state index contributed by atoms with van der Waals surface area (Å²) in [6, 6.07) is 3.91. The second kappa shape index (κ2) is 8.85. The maximum atomic E-state index is 5.62. The van der Waals surface area contributed by atoms with Gasteiger partial charge in [0, 0.05) is 75.1 Å². The minimum Gasteiger partial charge on any atom is -0.376 e.